The van der Waals surface area contributed by atoms with Crippen molar-refractivity contribution in [2.75, 3.05) is 13.1 Å². The quantitative estimate of drug-likeness (QED) is 0.407. The van der Waals surface area contributed by atoms with Crippen LogP contribution in [0.15, 0.2) is 12.1 Å². The van der Waals surface area contributed by atoms with E-state index in [4.69, 9.17) is 23.2 Å². The van der Waals surface area contributed by atoms with Gasteiger partial charge in [-0.2, -0.15) is 26.3 Å². The topological polar surface area (TPSA) is 114 Å². The Bertz CT molecular complexity index is 1380. The SMILES string of the molecule is O=C(c1nc(C(=O)N2C3CCC2CC3)c(-c2ccc(C(O)(C(F)(F)F)C(F)(F)F)c(Cl)c2Cl)s1)N1C[C@H](O)C[C@H](O)C1. The number of fused-ring (bicyclic) bond motifs is 2. The summed E-state index contributed by atoms with van der Waals surface area (Å²) in [5, 5.41) is 27.5. The lowest BCUT2D eigenvalue weighted by Gasteiger charge is -2.33. The number of halogens is 8. The van der Waals surface area contributed by atoms with Crippen LogP contribution in [-0.4, -0.2) is 91.7 Å². The summed E-state index contributed by atoms with van der Waals surface area (Å²) in [5.74, 6) is -1.35. The summed E-state index contributed by atoms with van der Waals surface area (Å²) in [6, 6.07) is 0.867. The Kier molecular flexibility index (Phi) is 8.02. The average molecular weight is 662 g/mol. The number of hydrogen-bond acceptors (Lipinski definition) is 7. The molecule has 8 nitrogen and oxygen atoms in total. The Balaban J connectivity index is 1.63. The van der Waals surface area contributed by atoms with E-state index in [0.717, 1.165) is 36.6 Å². The van der Waals surface area contributed by atoms with Gasteiger partial charge in [-0.1, -0.05) is 35.3 Å². The maximum Gasteiger partial charge on any atom is 0.430 e. The number of likely N-dealkylation sites (tertiary alicyclic amines) is 1. The van der Waals surface area contributed by atoms with Gasteiger partial charge in [-0.25, -0.2) is 4.98 Å². The highest BCUT2D eigenvalue weighted by molar-refractivity contribution is 7.17. The summed E-state index contributed by atoms with van der Waals surface area (Å²) in [6.07, 6.45) is -11.5. The number of β-amino-alcohol motifs (C(OH)–C–C–N with tert-alkyl or cyclic N) is 2. The molecular weight excluding hydrogens is 639 g/mol. The van der Waals surface area contributed by atoms with E-state index >= 15 is 0 Å². The number of nitrogens with zero attached hydrogens (tertiary/aromatic N) is 3. The number of amides is 2. The van der Waals surface area contributed by atoms with Crippen molar-refractivity contribution in [2.24, 2.45) is 0 Å². The minimum Gasteiger partial charge on any atom is -0.391 e. The summed E-state index contributed by atoms with van der Waals surface area (Å²) in [4.78, 5) is 33.9. The van der Waals surface area contributed by atoms with E-state index in [1.807, 2.05) is 0 Å². The molecule has 1 aromatic carbocycles. The van der Waals surface area contributed by atoms with Crippen molar-refractivity contribution in [3.63, 3.8) is 0 Å². The predicted octanol–water partition coefficient (Wildman–Crippen LogP) is 4.76. The van der Waals surface area contributed by atoms with Crippen LogP contribution in [0.4, 0.5) is 26.3 Å². The molecule has 17 heteroatoms. The highest BCUT2D eigenvalue weighted by atomic mass is 35.5. The first kappa shape index (κ1) is 31.3. The predicted molar refractivity (Wildman–Crippen MR) is 138 cm³/mol. The van der Waals surface area contributed by atoms with Gasteiger partial charge in [0.05, 0.1) is 27.1 Å². The van der Waals surface area contributed by atoms with Crippen LogP contribution in [0, 0.1) is 0 Å². The first-order valence-electron chi connectivity index (χ1n) is 12.8. The highest BCUT2D eigenvalue weighted by Gasteiger charge is 2.72. The van der Waals surface area contributed by atoms with Crippen LogP contribution < -0.4 is 0 Å². The number of thiazole rings is 1. The lowest BCUT2D eigenvalue weighted by Crippen LogP contribution is -2.54. The molecule has 5 rings (SSSR count). The van der Waals surface area contributed by atoms with Gasteiger partial charge in [0.1, 0.15) is 5.69 Å². The molecule has 42 heavy (non-hydrogen) atoms. The number of hydrogen-bond donors (Lipinski definition) is 3. The van der Waals surface area contributed by atoms with Crippen molar-refractivity contribution in [2.45, 2.75) is 74.3 Å². The Hall–Kier alpha value is -2.17. The molecule has 0 unspecified atom stereocenters. The minimum atomic E-state index is -6.22. The molecule has 2 bridgehead atoms. The summed E-state index contributed by atoms with van der Waals surface area (Å²) in [7, 11) is 0. The van der Waals surface area contributed by atoms with Gasteiger partial charge in [-0.05, 0) is 25.7 Å². The molecule has 0 radical (unpaired) electrons. The average Bonchev–Trinajstić information content (AvgIpc) is 3.62. The summed E-state index contributed by atoms with van der Waals surface area (Å²) in [5.41, 5.74) is -7.69. The maximum absolute atomic E-state index is 13.8. The molecule has 0 saturated carbocycles. The third-order valence-electron chi connectivity index (χ3n) is 7.93. The number of piperidine rings is 1. The smallest absolute Gasteiger partial charge is 0.391 e. The Morgan fingerprint density at radius 2 is 1.40 bits per heavy atom. The van der Waals surface area contributed by atoms with Gasteiger partial charge in [0.15, 0.2) is 5.01 Å². The molecule has 0 spiro atoms. The molecule has 3 aliphatic heterocycles. The maximum atomic E-state index is 13.8. The van der Waals surface area contributed by atoms with Crippen molar-refractivity contribution in [1.82, 2.24) is 14.8 Å². The van der Waals surface area contributed by atoms with Crippen LogP contribution in [0.3, 0.4) is 0 Å². The first-order chi connectivity index (χ1) is 19.5. The van der Waals surface area contributed by atoms with Crippen LogP contribution in [-0.2, 0) is 5.60 Å². The summed E-state index contributed by atoms with van der Waals surface area (Å²) in [6.45, 7) is -0.280. The number of carbonyl (C=O) groups excluding carboxylic acids is 2. The monoisotopic (exact) mass is 661 g/mol. The van der Waals surface area contributed by atoms with Crippen molar-refractivity contribution in [3.8, 4) is 10.4 Å². The molecule has 1 aromatic heterocycles. The Morgan fingerprint density at radius 3 is 1.90 bits per heavy atom. The number of aliphatic hydroxyl groups is 3. The fourth-order valence-electron chi connectivity index (χ4n) is 5.92. The minimum absolute atomic E-state index is 0.0387. The zero-order valence-electron chi connectivity index (χ0n) is 21.3. The van der Waals surface area contributed by atoms with E-state index in [9.17, 15) is 51.3 Å². The first-order valence-corrected chi connectivity index (χ1v) is 14.4. The third-order valence-corrected chi connectivity index (χ3v) is 9.89. The molecule has 3 saturated heterocycles. The highest BCUT2D eigenvalue weighted by Crippen LogP contribution is 2.54. The molecular formula is C25H23Cl2F6N3O5S. The van der Waals surface area contributed by atoms with E-state index in [1.165, 1.54) is 0 Å². The van der Waals surface area contributed by atoms with E-state index in [-0.39, 0.29) is 52.7 Å². The second-order valence-corrected chi connectivity index (χ2v) is 12.4. The van der Waals surface area contributed by atoms with E-state index in [0.29, 0.717) is 17.4 Å². The second kappa shape index (κ2) is 10.8. The molecule has 2 aromatic rings. The van der Waals surface area contributed by atoms with E-state index in [1.54, 1.807) is 4.90 Å². The lowest BCUT2D eigenvalue weighted by atomic mass is 9.91. The van der Waals surface area contributed by atoms with Gasteiger partial charge < -0.3 is 25.1 Å². The third kappa shape index (κ3) is 5.05. The molecule has 2 amide bonds. The lowest BCUT2D eigenvalue weighted by molar-refractivity contribution is -0.376. The van der Waals surface area contributed by atoms with Gasteiger partial charge in [-0.3, -0.25) is 9.59 Å². The largest absolute Gasteiger partial charge is 0.430 e. The van der Waals surface area contributed by atoms with Gasteiger partial charge in [0.2, 0.25) is 0 Å². The number of aromatic nitrogens is 1. The van der Waals surface area contributed by atoms with E-state index in [2.05, 4.69) is 4.98 Å². The molecule has 3 fully saturated rings. The van der Waals surface area contributed by atoms with Gasteiger partial charge in [-0.15, -0.1) is 11.3 Å². The number of alkyl halides is 6. The number of benzene rings is 1. The fraction of sp³-hybridized carbons (Fsp3) is 0.560. The van der Waals surface area contributed by atoms with Gasteiger partial charge in [0, 0.05) is 42.7 Å². The van der Waals surface area contributed by atoms with Crippen LogP contribution in [0.25, 0.3) is 10.4 Å². The second-order valence-electron chi connectivity index (χ2n) is 10.6. The standard InChI is InChI=1S/C25H23Cl2F6N3O5S/c26-16-14(5-6-15(17(16)27)23(41,24(28,29)30)25(31,32)33)19-18(21(39)36-10-1-2-11(36)4-3-10)34-20(42-19)22(40)35-8-12(37)7-13(38)9-35/h5-6,10-13,37-38,41H,1-4,7-9H2/t10?,11?,12-,13+. The Labute approximate surface area is 248 Å². The molecule has 3 N–H and O–H groups in total. The Morgan fingerprint density at radius 1 is 0.881 bits per heavy atom. The zero-order valence-corrected chi connectivity index (χ0v) is 23.7. The summed E-state index contributed by atoms with van der Waals surface area (Å²) >= 11 is 12.8. The molecule has 230 valence electrons. The van der Waals surface area contributed by atoms with Crippen molar-refractivity contribution in [3.05, 3.63) is 38.4 Å². The molecule has 4 heterocycles. The van der Waals surface area contributed by atoms with Crippen LogP contribution in [0.1, 0.15) is 58.0 Å². The molecule has 3 aliphatic rings. The van der Waals surface area contributed by atoms with Crippen LogP contribution in [0.2, 0.25) is 10.0 Å². The van der Waals surface area contributed by atoms with Crippen molar-refractivity contribution < 1.29 is 51.3 Å². The normalized spacial score (nSPS) is 24.9. The van der Waals surface area contributed by atoms with Gasteiger partial charge >= 0.3 is 12.4 Å². The molecule has 2 atom stereocenters. The van der Waals surface area contributed by atoms with Crippen LogP contribution in [0.5, 0.6) is 0 Å². The van der Waals surface area contributed by atoms with E-state index < -0.39 is 57.6 Å². The van der Waals surface area contributed by atoms with Crippen molar-refractivity contribution >= 4 is 46.4 Å². The van der Waals surface area contributed by atoms with Gasteiger partial charge in [0.25, 0.3) is 17.4 Å². The summed E-state index contributed by atoms with van der Waals surface area (Å²) < 4.78 is 81.4. The number of carbonyl (C=O) groups is 2. The zero-order chi connectivity index (χ0) is 30.9. The molecule has 0 aliphatic carbocycles. The number of aliphatic hydroxyl groups excluding tert-OH is 2. The number of rotatable bonds is 4. The van der Waals surface area contributed by atoms with Crippen molar-refractivity contribution in [1.29, 1.82) is 0 Å². The fourth-order valence-corrected chi connectivity index (χ4v) is 7.60. The van der Waals surface area contributed by atoms with Crippen LogP contribution >= 0.6 is 34.5 Å².